The number of hydrogen-bond donors (Lipinski definition) is 1. The number of aliphatic hydroxyl groups is 1. The van der Waals surface area contributed by atoms with E-state index in [1.54, 1.807) is 0 Å². The third-order valence-electron chi connectivity index (χ3n) is 1.24. The Morgan fingerprint density at radius 1 is 1.38 bits per heavy atom. The minimum atomic E-state index is 0. The number of nitrogens with zero attached hydrogens (tertiary/aromatic N) is 1. The molecule has 2 heteroatoms. The number of aliphatic hydroxyl groups excluding tert-OH is 1. The molecule has 0 radical (unpaired) electrons. The summed E-state index contributed by atoms with van der Waals surface area (Å²) in [6.07, 6.45) is 0. The molecule has 0 aliphatic heterocycles. The minimum Gasteiger partial charge on any atom is -0.347 e. The van der Waals surface area contributed by atoms with Crippen LogP contribution in [0.25, 0.3) is 0 Å². The molecule has 0 fully saturated rings. The summed E-state index contributed by atoms with van der Waals surface area (Å²) in [5.74, 6) is 0. The van der Waals surface area contributed by atoms with Gasteiger partial charge in [0.1, 0.15) is 0 Å². The van der Waals surface area contributed by atoms with Gasteiger partial charge >= 0.3 is 0 Å². The van der Waals surface area contributed by atoms with Crippen molar-refractivity contribution in [2.75, 3.05) is 27.4 Å². The van der Waals surface area contributed by atoms with Crippen LogP contribution in [0.1, 0.15) is 14.4 Å². The third-order valence-corrected chi connectivity index (χ3v) is 1.24. The van der Waals surface area contributed by atoms with Crippen LogP contribution in [0.5, 0.6) is 0 Å². The number of quaternary nitrogens is 1. The molecule has 8 heavy (non-hydrogen) atoms. The second-order valence-corrected chi connectivity index (χ2v) is 2.39. The molecule has 0 spiro atoms. The summed E-state index contributed by atoms with van der Waals surface area (Å²) in [5.41, 5.74) is 0. The molecule has 0 saturated carbocycles. The van der Waals surface area contributed by atoms with Crippen molar-refractivity contribution in [3.05, 3.63) is 0 Å². The molecule has 0 heterocycles. The van der Waals surface area contributed by atoms with Gasteiger partial charge in [-0.05, 0) is 6.92 Å². The van der Waals surface area contributed by atoms with E-state index in [1.165, 1.54) is 0 Å². The standard InChI is InChI=1S/C5H14NO.CH4/c1-4-6(2,3)5-7;/h7H,4-5H2,1-3H3;1H4/q+1;. The summed E-state index contributed by atoms with van der Waals surface area (Å²) in [6.45, 7) is 3.27. The molecule has 0 aliphatic carbocycles. The summed E-state index contributed by atoms with van der Waals surface area (Å²) in [7, 11) is 3.97. The Balaban J connectivity index is 0. The zero-order valence-electron chi connectivity index (χ0n) is 5.31. The number of rotatable bonds is 2. The van der Waals surface area contributed by atoms with Crippen LogP contribution >= 0.6 is 0 Å². The molecule has 0 aromatic rings. The molecule has 0 bridgehead atoms. The van der Waals surface area contributed by atoms with Crippen LogP contribution in [0.2, 0.25) is 0 Å². The van der Waals surface area contributed by atoms with Crippen molar-refractivity contribution < 1.29 is 9.59 Å². The van der Waals surface area contributed by atoms with Gasteiger partial charge < -0.3 is 9.59 Å². The lowest BCUT2D eigenvalue weighted by Gasteiger charge is -2.24. The van der Waals surface area contributed by atoms with Crippen LogP contribution in [0.4, 0.5) is 0 Å². The van der Waals surface area contributed by atoms with Crippen molar-refractivity contribution in [2.24, 2.45) is 0 Å². The molecule has 2 nitrogen and oxygen atoms in total. The van der Waals surface area contributed by atoms with E-state index in [0.717, 1.165) is 6.54 Å². The molecule has 0 atom stereocenters. The van der Waals surface area contributed by atoms with Gasteiger partial charge in [-0.3, -0.25) is 0 Å². The molecule has 0 saturated heterocycles. The maximum absolute atomic E-state index is 8.57. The van der Waals surface area contributed by atoms with Crippen molar-refractivity contribution in [2.45, 2.75) is 14.4 Å². The van der Waals surface area contributed by atoms with E-state index in [4.69, 9.17) is 5.11 Å². The van der Waals surface area contributed by atoms with Crippen LogP contribution in [0.15, 0.2) is 0 Å². The van der Waals surface area contributed by atoms with Crippen molar-refractivity contribution in [1.82, 2.24) is 0 Å². The molecule has 1 N–H and O–H groups in total. The van der Waals surface area contributed by atoms with Gasteiger partial charge in [0.05, 0.1) is 20.6 Å². The first-order valence-electron chi connectivity index (χ1n) is 2.55. The molecule has 0 aromatic carbocycles. The quantitative estimate of drug-likeness (QED) is 0.419. The van der Waals surface area contributed by atoms with Crippen molar-refractivity contribution in [1.29, 1.82) is 0 Å². The highest BCUT2D eigenvalue weighted by Crippen LogP contribution is 1.89. The average molecular weight is 120 g/mol. The highest BCUT2D eigenvalue weighted by molar-refractivity contribution is 4.10. The molecular weight excluding hydrogens is 102 g/mol. The second kappa shape index (κ2) is 3.87. The van der Waals surface area contributed by atoms with E-state index in [0.29, 0.717) is 4.48 Å². The van der Waals surface area contributed by atoms with E-state index in [-0.39, 0.29) is 14.2 Å². The fourth-order valence-corrected chi connectivity index (χ4v) is 0.1000. The molecule has 52 valence electrons. The molecule has 0 rings (SSSR count). The fourth-order valence-electron chi connectivity index (χ4n) is 0.1000. The molecule has 0 aromatic heterocycles. The summed E-state index contributed by atoms with van der Waals surface area (Å²) >= 11 is 0. The normalized spacial score (nSPS) is 10.5. The Morgan fingerprint density at radius 3 is 1.75 bits per heavy atom. The van der Waals surface area contributed by atoms with Gasteiger partial charge in [-0.1, -0.05) is 7.43 Å². The molecular formula is C6H18NO+. The Morgan fingerprint density at radius 2 is 1.75 bits per heavy atom. The predicted molar refractivity (Wildman–Crippen MR) is 36.5 cm³/mol. The monoisotopic (exact) mass is 120 g/mol. The second-order valence-electron chi connectivity index (χ2n) is 2.39. The van der Waals surface area contributed by atoms with E-state index in [1.807, 2.05) is 14.1 Å². The molecule has 0 amide bonds. The van der Waals surface area contributed by atoms with Crippen LogP contribution in [-0.4, -0.2) is 37.0 Å². The molecule has 0 unspecified atom stereocenters. The highest BCUT2D eigenvalue weighted by atomic mass is 16.3. The van der Waals surface area contributed by atoms with Gasteiger partial charge in [0.15, 0.2) is 6.73 Å². The molecule has 0 aliphatic rings. The SMILES string of the molecule is C.CC[N+](C)(C)CO. The first-order valence-corrected chi connectivity index (χ1v) is 2.55. The number of hydrogen-bond acceptors (Lipinski definition) is 1. The minimum absolute atomic E-state index is 0. The van der Waals surface area contributed by atoms with Gasteiger partial charge in [0.25, 0.3) is 0 Å². The Kier molecular flexibility index (Phi) is 5.23. The van der Waals surface area contributed by atoms with Crippen molar-refractivity contribution in [3.63, 3.8) is 0 Å². The Labute approximate surface area is 52.3 Å². The lowest BCUT2D eigenvalue weighted by Crippen LogP contribution is -2.39. The predicted octanol–water partition coefficient (Wildman–Crippen LogP) is 0.669. The summed E-state index contributed by atoms with van der Waals surface area (Å²) < 4.78 is 0.694. The van der Waals surface area contributed by atoms with Crippen LogP contribution in [0, 0.1) is 0 Å². The zero-order valence-corrected chi connectivity index (χ0v) is 5.31. The van der Waals surface area contributed by atoms with E-state index in [2.05, 4.69) is 6.92 Å². The third kappa shape index (κ3) is 4.09. The zero-order chi connectivity index (χ0) is 5.91. The van der Waals surface area contributed by atoms with Crippen LogP contribution in [-0.2, 0) is 0 Å². The lowest BCUT2D eigenvalue weighted by atomic mass is 10.6. The van der Waals surface area contributed by atoms with E-state index >= 15 is 0 Å². The van der Waals surface area contributed by atoms with Crippen LogP contribution in [0.3, 0.4) is 0 Å². The first kappa shape index (κ1) is 10.8. The lowest BCUT2D eigenvalue weighted by molar-refractivity contribution is -0.907. The van der Waals surface area contributed by atoms with Gasteiger partial charge in [0, 0.05) is 0 Å². The fraction of sp³-hybridized carbons (Fsp3) is 1.00. The maximum Gasteiger partial charge on any atom is 0.179 e. The van der Waals surface area contributed by atoms with Gasteiger partial charge in [-0.15, -0.1) is 0 Å². The van der Waals surface area contributed by atoms with Gasteiger partial charge in [-0.25, -0.2) is 0 Å². The van der Waals surface area contributed by atoms with E-state index in [9.17, 15) is 0 Å². The van der Waals surface area contributed by atoms with Gasteiger partial charge in [-0.2, -0.15) is 0 Å². The largest absolute Gasteiger partial charge is 0.347 e. The Bertz CT molecular complexity index is 46.5. The summed E-state index contributed by atoms with van der Waals surface area (Å²) in [5, 5.41) is 8.57. The van der Waals surface area contributed by atoms with Gasteiger partial charge in [0.2, 0.25) is 0 Å². The smallest absolute Gasteiger partial charge is 0.179 e. The average Bonchev–Trinajstić information content (AvgIpc) is 1.68. The highest BCUT2D eigenvalue weighted by Gasteiger charge is 2.06. The Hall–Kier alpha value is -0.0800. The van der Waals surface area contributed by atoms with Crippen LogP contribution < -0.4 is 0 Å². The van der Waals surface area contributed by atoms with Crippen molar-refractivity contribution >= 4 is 0 Å². The summed E-state index contributed by atoms with van der Waals surface area (Å²) in [6, 6.07) is 0. The topological polar surface area (TPSA) is 20.2 Å². The maximum atomic E-state index is 8.57. The first-order chi connectivity index (χ1) is 3.12. The summed E-state index contributed by atoms with van der Waals surface area (Å²) in [4.78, 5) is 0. The van der Waals surface area contributed by atoms with Crippen molar-refractivity contribution in [3.8, 4) is 0 Å². The van der Waals surface area contributed by atoms with E-state index < -0.39 is 0 Å².